The topological polar surface area (TPSA) is 57.7 Å². The van der Waals surface area contributed by atoms with Gasteiger partial charge in [-0.3, -0.25) is 4.90 Å². The number of aromatic nitrogens is 1. The first-order chi connectivity index (χ1) is 16.9. The first-order valence-corrected chi connectivity index (χ1v) is 12.8. The van der Waals surface area contributed by atoms with Crippen molar-refractivity contribution < 1.29 is 9.53 Å². The van der Waals surface area contributed by atoms with E-state index in [9.17, 15) is 4.79 Å². The number of rotatable bonds is 8. The summed E-state index contributed by atoms with van der Waals surface area (Å²) in [5.41, 5.74) is 4.94. The SMILES string of the molecule is CC(C)OC(=O)c1c(Nc2ccccc2C(C)C)ccnc1N1CCN(CC2=CC=CCC2)CC1. The average Bonchev–Trinajstić information content (AvgIpc) is 2.85. The molecule has 0 unspecified atom stereocenters. The van der Waals surface area contributed by atoms with E-state index in [1.165, 1.54) is 11.1 Å². The third-order valence-corrected chi connectivity index (χ3v) is 6.53. The van der Waals surface area contributed by atoms with Crippen molar-refractivity contribution >= 4 is 23.2 Å². The zero-order valence-electron chi connectivity index (χ0n) is 21.5. The van der Waals surface area contributed by atoms with Crippen molar-refractivity contribution in [2.45, 2.75) is 52.6 Å². The number of carbonyl (C=O) groups is 1. The zero-order chi connectivity index (χ0) is 24.8. The summed E-state index contributed by atoms with van der Waals surface area (Å²) in [6.45, 7) is 12.6. The van der Waals surface area contributed by atoms with E-state index in [-0.39, 0.29) is 12.1 Å². The normalized spacial score (nSPS) is 16.5. The van der Waals surface area contributed by atoms with Crippen LogP contribution in [0, 0.1) is 0 Å². The van der Waals surface area contributed by atoms with E-state index in [1.807, 2.05) is 32.0 Å². The maximum atomic E-state index is 13.3. The smallest absolute Gasteiger partial charge is 0.344 e. The van der Waals surface area contributed by atoms with Crippen molar-refractivity contribution in [2.24, 2.45) is 0 Å². The Balaban J connectivity index is 1.58. The van der Waals surface area contributed by atoms with E-state index >= 15 is 0 Å². The number of ether oxygens (including phenoxy) is 1. The maximum Gasteiger partial charge on any atom is 0.344 e. The molecular formula is C29H38N4O2. The lowest BCUT2D eigenvalue weighted by Crippen LogP contribution is -2.47. The lowest BCUT2D eigenvalue weighted by atomic mass is 10.0. The van der Waals surface area contributed by atoms with Gasteiger partial charge in [0.15, 0.2) is 0 Å². The summed E-state index contributed by atoms with van der Waals surface area (Å²) in [4.78, 5) is 22.7. The van der Waals surface area contributed by atoms with Crippen molar-refractivity contribution in [1.82, 2.24) is 9.88 Å². The van der Waals surface area contributed by atoms with Crippen LogP contribution < -0.4 is 10.2 Å². The summed E-state index contributed by atoms with van der Waals surface area (Å²) >= 11 is 0. The molecule has 1 aliphatic carbocycles. The molecule has 6 heteroatoms. The number of piperazine rings is 1. The van der Waals surface area contributed by atoms with E-state index in [4.69, 9.17) is 4.74 Å². The number of nitrogens with one attached hydrogen (secondary N) is 1. The first kappa shape index (κ1) is 25.0. The molecule has 186 valence electrons. The fraction of sp³-hybridized carbons (Fsp3) is 0.448. The molecule has 0 radical (unpaired) electrons. The Morgan fingerprint density at radius 3 is 2.51 bits per heavy atom. The molecule has 1 aromatic heterocycles. The molecule has 2 heterocycles. The van der Waals surface area contributed by atoms with Gasteiger partial charge in [0.25, 0.3) is 0 Å². The molecule has 35 heavy (non-hydrogen) atoms. The molecule has 0 saturated carbocycles. The third kappa shape index (κ3) is 6.31. The number of pyridine rings is 1. The van der Waals surface area contributed by atoms with Gasteiger partial charge in [-0.05, 0) is 50.3 Å². The average molecular weight is 475 g/mol. The maximum absolute atomic E-state index is 13.3. The highest BCUT2D eigenvalue weighted by Gasteiger charge is 2.27. The van der Waals surface area contributed by atoms with E-state index in [0.717, 1.165) is 56.9 Å². The van der Waals surface area contributed by atoms with E-state index in [0.29, 0.717) is 17.3 Å². The summed E-state index contributed by atoms with van der Waals surface area (Å²) in [6, 6.07) is 10.1. The number of para-hydroxylation sites is 1. The Kier molecular flexibility index (Phi) is 8.24. The predicted octanol–water partition coefficient (Wildman–Crippen LogP) is 5.91. The summed E-state index contributed by atoms with van der Waals surface area (Å²) in [5, 5.41) is 3.53. The van der Waals surface area contributed by atoms with Crippen LogP contribution in [0.25, 0.3) is 0 Å². The Hall–Kier alpha value is -3.12. The van der Waals surface area contributed by atoms with Crippen LogP contribution in [0.4, 0.5) is 17.2 Å². The van der Waals surface area contributed by atoms with Crippen molar-refractivity contribution in [2.75, 3.05) is 42.9 Å². The monoisotopic (exact) mass is 474 g/mol. The molecule has 1 aromatic carbocycles. The lowest BCUT2D eigenvalue weighted by Gasteiger charge is -2.36. The lowest BCUT2D eigenvalue weighted by molar-refractivity contribution is 0.0379. The van der Waals surface area contributed by atoms with Gasteiger partial charge in [0.1, 0.15) is 11.4 Å². The number of esters is 1. The van der Waals surface area contributed by atoms with E-state index in [1.54, 1.807) is 6.20 Å². The molecule has 4 rings (SSSR count). The van der Waals surface area contributed by atoms with Crippen molar-refractivity contribution in [1.29, 1.82) is 0 Å². The number of benzene rings is 1. The molecular weight excluding hydrogens is 436 g/mol. The van der Waals surface area contributed by atoms with Gasteiger partial charge in [-0.2, -0.15) is 0 Å². The van der Waals surface area contributed by atoms with Crippen LogP contribution in [0.1, 0.15) is 62.4 Å². The summed E-state index contributed by atoms with van der Waals surface area (Å²) in [5.74, 6) is 0.713. The fourth-order valence-electron chi connectivity index (χ4n) is 4.72. The number of nitrogens with zero attached hydrogens (tertiary/aromatic N) is 3. The van der Waals surface area contributed by atoms with Gasteiger partial charge in [0.2, 0.25) is 0 Å². The van der Waals surface area contributed by atoms with E-state index < -0.39 is 0 Å². The molecule has 0 amide bonds. The standard InChI is InChI=1S/C29H38N4O2/c1-21(2)24-12-8-9-13-25(24)31-26-14-15-30-28(27(26)29(34)35-22(3)4)33-18-16-32(17-19-33)20-23-10-6-5-7-11-23/h5-6,8-10,12-15,21-22H,7,11,16-20H2,1-4H3,(H,30,31). The molecule has 0 spiro atoms. The van der Waals surface area contributed by atoms with Crippen molar-refractivity contribution in [3.05, 3.63) is 71.5 Å². The minimum absolute atomic E-state index is 0.207. The van der Waals surface area contributed by atoms with Crippen molar-refractivity contribution in [3.63, 3.8) is 0 Å². The quantitative estimate of drug-likeness (QED) is 0.480. The molecule has 1 N–H and O–H groups in total. The van der Waals surface area contributed by atoms with Gasteiger partial charge in [0.05, 0.1) is 11.8 Å². The Labute approximate surface area is 209 Å². The van der Waals surface area contributed by atoms with Crippen LogP contribution in [0.15, 0.2) is 60.3 Å². The Morgan fingerprint density at radius 1 is 1.06 bits per heavy atom. The van der Waals surface area contributed by atoms with E-state index in [2.05, 4.69) is 64.3 Å². The van der Waals surface area contributed by atoms with Crippen LogP contribution in [0.3, 0.4) is 0 Å². The second-order valence-corrected chi connectivity index (χ2v) is 9.93. The largest absolute Gasteiger partial charge is 0.459 e. The fourth-order valence-corrected chi connectivity index (χ4v) is 4.72. The number of anilines is 3. The number of allylic oxidation sites excluding steroid dienone is 3. The minimum atomic E-state index is -0.339. The highest BCUT2D eigenvalue weighted by molar-refractivity contribution is 6.01. The zero-order valence-corrected chi connectivity index (χ0v) is 21.5. The molecule has 1 saturated heterocycles. The molecule has 2 aliphatic rings. The van der Waals surface area contributed by atoms with Crippen LogP contribution in [-0.2, 0) is 4.74 Å². The van der Waals surface area contributed by atoms with Gasteiger partial charge in [-0.15, -0.1) is 0 Å². The first-order valence-electron chi connectivity index (χ1n) is 12.8. The second-order valence-electron chi connectivity index (χ2n) is 9.93. The molecule has 2 aromatic rings. The molecule has 0 bridgehead atoms. The predicted molar refractivity (Wildman–Crippen MR) is 144 cm³/mol. The number of carbonyl (C=O) groups excluding carboxylic acids is 1. The summed E-state index contributed by atoms with van der Waals surface area (Å²) in [7, 11) is 0. The number of hydrogen-bond donors (Lipinski definition) is 1. The van der Waals surface area contributed by atoms with Crippen LogP contribution >= 0.6 is 0 Å². The van der Waals surface area contributed by atoms with Crippen LogP contribution in [0.2, 0.25) is 0 Å². The second kappa shape index (κ2) is 11.5. The van der Waals surface area contributed by atoms with Crippen molar-refractivity contribution in [3.8, 4) is 0 Å². The Morgan fingerprint density at radius 2 is 1.83 bits per heavy atom. The number of hydrogen-bond acceptors (Lipinski definition) is 6. The minimum Gasteiger partial charge on any atom is -0.459 e. The van der Waals surface area contributed by atoms with Crippen LogP contribution in [-0.4, -0.2) is 54.7 Å². The molecule has 1 aliphatic heterocycles. The molecule has 6 nitrogen and oxygen atoms in total. The highest BCUT2D eigenvalue weighted by atomic mass is 16.5. The Bertz CT molecular complexity index is 1080. The van der Waals surface area contributed by atoms with Gasteiger partial charge in [0, 0.05) is 44.6 Å². The highest BCUT2D eigenvalue weighted by Crippen LogP contribution is 2.33. The third-order valence-electron chi connectivity index (χ3n) is 6.53. The van der Waals surface area contributed by atoms with Gasteiger partial charge >= 0.3 is 5.97 Å². The molecule has 1 fully saturated rings. The van der Waals surface area contributed by atoms with Gasteiger partial charge in [-0.25, -0.2) is 9.78 Å². The van der Waals surface area contributed by atoms with Crippen LogP contribution in [0.5, 0.6) is 0 Å². The van der Waals surface area contributed by atoms with Gasteiger partial charge < -0.3 is 15.0 Å². The summed E-state index contributed by atoms with van der Waals surface area (Å²) in [6.07, 6.45) is 10.5. The molecule has 0 atom stereocenters. The van der Waals surface area contributed by atoms with Gasteiger partial charge in [-0.1, -0.05) is 55.8 Å². The summed E-state index contributed by atoms with van der Waals surface area (Å²) < 4.78 is 5.68.